The van der Waals surface area contributed by atoms with Crippen LogP contribution in [0.4, 0.5) is 5.69 Å². The van der Waals surface area contributed by atoms with Crippen LogP contribution in [-0.4, -0.2) is 43.8 Å². The molecule has 46 heavy (non-hydrogen) atoms. The van der Waals surface area contributed by atoms with Gasteiger partial charge in [0.1, 0.15) is 12.6 Å². The summed E-state index contributed by atoms with van der Waals surface area (Å²) in [5.41, 5.74) is 2.90. The fourth-order valence-electron chi connectivity index (χ4n) is 5.08. The predicted octanol–water partition coefficient (Wildman–Crippen LogP) is 7.21. The Morgan fingerprint density at radius 2 is 1.39 bits per heavy atom. The highest BCUT2D eigenvalue weighted by atomic mass is 35.5. The number of benzene rings is 4. The van der Waals surface area contributed by atoms with E-state index in [0.29, 0.717) is 22.7 Å². The van der Waals surface area contributed by atoms with Crippen molar-refractivity contribution in [1.29, 1.82) is 0 Å². The number of carbonyl (C=O) groups is 2. The molecule has 4 rings (SSSR count). The Balaban J connectivity index is 1.82. The molecule has 1 N–H and O–H groups in total. The first-order valence-electron chi connectivity index (χ1n) is 15.6. The SMILES string of the molecule is CCC(C)NC(=O)C(Cc1ccccc1)N(Cc1ccccc1Cl)C(=O)CN(c1ccc(C(C)C)cc1)S(=O)(=O)c1ccccc1. The molecule has 0 aromatic heterocycles. The van der Waals surface area contributed by atoms with Crippen molar-refractivity contribution in [2.24, 2.45) is 0 Å². The molecule has 0 fully saturated rings. The van der Waals surface area contributed by atoms with Crippen molar-refractivity contribution in [3.63, 3.8) is 0 Å². The number of nitrogens with one attached hydrogen (secondary N) is 1. The van der Waals surface area contributed by atoms with Gasteiger partial charge in [0.25, 0.3) is 10.0 Å². The van der Waals surface area contributed by atoms with Crippen LogP contribution >= 0.6 is 11.6 Å². The van der Waals surface area contributed by atoms with Crippen LogP contribution in [0.1, 0.15) is 56.7 Å². The fraction of sp³-hybridized carbons (Fsp3) is 0.297. The van der Waals surface area contributed by atoms with Gasteiger partial charge in [-0.25, -0.2) is 8.42 Å². The maximum atomic E-state index is 14.6. The Bertz CT molecular complexity index is 1700. The minimum Gasteiger partial charge on any atom is -0.352 e. The number of anilines is 1. The van der Waals surface area contributed by atoms with Gasteiger partial charge < -0.3 is 10.2 Å². The molecular formula is C37H42ClN3O4S. The van der Waals surface area contributed by atoms with Crippen LogP contribution < -0.4 is 9.62 Å². The van der Waals surface area contributed by atoms with Crippen LogP contribution in [0.5, 0.6) is 0 Å². The van der Waals surface area contributed by atoms with E-state index in [1.54, 1.807) is 48.5 Å². The molecule has 0 bridgehead atoms. The van der Waals surface area contributed by atoms with Gasteiger partial charge in [-0.2, -0.15) is 0 Å². The van der Waals surface area contributed by atoms with Crippen molar-refractivity contribution < 1.29 is 18.0 Å². The second-order valence-electron chi connectivity index (χ2n) is 11.7. The Kier molecular flexibility index (Phi) is 12.0. The smallest absolute Gasteiger partial charge is 0.264 e. The first-order chi connectivity index (χ1) is 22.0. The van der Waals surface area contributed by atoms with Crippen molar-refractivity contribution >= 4 is 39.1 Å². The van der Waals surface area contributed by atoms with Crippen molar-refractivity contribution in [3.05, 3.63) is 131 Å². The topological polar surface area (TPSA) is 86.8 Å². The van der Waals surface area contributed by atoms with E-state index in [1.165, 1.54) is 17.0 Å². The Labute approximate surface area is 278 Å². The van der Waals surface area contributed by atoms with Crippen LogP contribution in [-0.2, 0) is 32.6 Å². The molecule has 2 unspecified atom stereocenters. The molecule has 0 aliphatic heterocycles. The maximum absolute atomic E-state index is 14.6. The van der Waals surface area contributed by atoms with Gasteiger partial charge in [-0.15, -0.1) is 0 Å². The first-order valence-corrected chi connectivity index (χ1v) is 17.4. The van der Waals surface area contributed by atoms with Crippen LogP contribution in [0, 0.1) is 0 Å². The zero-order chi connectivity index (χ0) is 33.3. The summed E-state index contributed by atoms with van der Waals surface area (Å²) in [6.45, 7) is 7.48. The quantitative estimate of drug-likeness (QED) is 0.155. The molecular weight excluding hydrogens is 618 g/mol. The summed E-state index contributed by atoms with van der Waals surface area (Å²) in [6.07, 6.45) is 0.936. The molecule has 0 heterocycles. The zero-order valence-electron chi connectivity index (χ0n) is 26.8. The molecule has 0 saturated heterocycles. The molecule has 0 aliphatic carbocycles. The maximum Gasteiger partial charge on any atom is 0.264 e. The van der Waals surface area contributed by atoms with Crippen LogP contribution in [0.25, 0.3) is 0 Å². The standard InChI is InChI=1S/C37H42ClN3O4S/c1-5-28(4)39-37(43)35(24-29-14-8-6-9-15-29)40(25-31-16-12-13-19-34(31)38)36(42)26-41(32-22-20-30(21-23-32)27(2)3)46(44,45)33-17-10-7-11-18-33/h6-23,27-28,35H,5,24-26H2,1-4H3,(H,39,43). The lowest BCUT2D eigenvalue weighted by Crippen LogP contribution is -2.54. The average molecular weight is 660 g/mol. The zero-order valence-corrected chi connectivity index (χ0v) is 28.3. The summed E-state index contributed by atoms with van der Waals surface area (Å²) in [5, 5.41) is 3.49. The second-order valence-corrected chi connectivity index (χ2v) is 14.0. The monoisotopic (exact) mass is 659 g/mol. The summed E-state index contributed by atoms with van der Waals surface area (Å²) in [6, 6.07) is 30.8. The number of hydrogen-bond donors (Lipinski definition) is 1. The van der Waals surface area contributed by atoms with E-state index >= 15 is 0 Å². The third kappa shape index (κ3) is 8.77. The van der Waals surface area contributed by atoms with Gasteiger partial charge in [-0.05, 0) is 66.3 Å². The third-order valence-electron chi connectivity index (χ3n) is 8.03. The highest BCUT2D eigenvalue weighted by molar-refractivity contribution is 7.92. The van der Waals surface area contributed by atoms with Crippen molar-refractivity contribution in [2.45, 2.75) is 70.0 Å². The van der Waals surface area contributed by atoms with E-state index in [9.17, 15) is 18.0 Å². The third-order valence-corrected chi connectivity index (χ3v) is 10.2. The highest BCUT2D eigenvalue weighted by Gasteiger charge is 2.35. The molecule has 0 aliphatic rings. The van der Waals surface area contributed by atoms with E-state index in [-0.39, 0.29) is 35.7 Å². The van der Waals surface area contributed by atoms with Crippen molar-refractivity contribution in [2.75, 3.05) is 10.8 Å². The lowest BCUT2D eigenvalue weighted by molar-refractivity contribution is -0.140. The van der Waals surface area contributed by atoms with Gasteiger partial charge in [0.05, 0.1) is 10.6 Å². The lowest BCUT2D eigenvalue weighted by atomic mass is 10.0. The van der Waals surface area contributed by atoms with Gasteiger partial charge in [0.15, 0.2) is 0 Å². The summed E-state index contributed by atoms with van der Waals surface area (Å²) in [4.78, 5) is 30.0. The van der Waals surface area contributed by atoms with Gasteiger partial charge >= 0.3 is 0 Å². The van der Waals surface area contributed by atoms with Crippen LogP contribution in [0.2, 0.25) is 5.02 Å². The van der Waals surface area contributed by atoms with Gasteiger partial charge in [0, 0.05) is 24.0 Å². The molecule has 2 atom stereocenters. The molecule has 0 spiro atoms. The van der Waals surface area contributed by atoms with Crippen molar-refractivity contribution in [1.82, 2.24) is 10.2 Å². The highest BCUT2D eigenvalue weighted by Crippen LogP contribution is 2.27. The fourth-order valence-corrected chi connectivity index (χ4v) is 6.71. The normalized spacial score (nSPS) is 12.7. The number of hydrogen-bond acceptors (Lipinski definition) is 4. The van der Waals surface area contributed by atoms with E-state index in [0.717, 1.165) is 15.4 Å². The number of sulfonamides is 1. The van der Waals surface area contributed by atoms with Gasteiger partial charge in [0.2, 0.25) is 11.8 Å². The molecule has 0 radical (unpaired) electrons. The Morgan fingerprint density at radius 1 is 0.804 bits per heavy atom. The molecule has 4 aromatic rings. The molecule has 4 aromatic carbocycles. The molecule has 0 saturated carbocycles. The van der Waals surface area contributed by atoms with E-state index in [1.807, 2.05) is 62.4 Å². The summed E-state index contributed by atoms with van der Waals surface area (Å²) in [7, 11) is -4.17. The number of nitrogens with zero attached hydrogens (tertiary/aromatic N) is 2. The van der Waals surface area contributed by atoms with E-state index in [2.05, 4.69) is 19.2 Å². The largest absolute Gasteiger partial charge is 0.352 e. The van der Waals surface area contributed by atoms with Gasteiger partial charge in [-0.3, -0.25) is 13.9 Å². The minimum atomic E-state index is -4.17. The molecule has 7 nitrogen and oxygen atoms in total. The molecule has 2 amide bonds. The molecule has 242 valence electrons. The summed E-state index contributed by atoms with van der Waals surface area (Å²) >= 11 is 6.57. The number of carbonyl (C=O) groups excluding carboxylic acids is 2. The molecule has 9 heteroatoms. The van der Waals surface area contributed by atoms with Crippen molar-refractivity contribution in [3.8, 4) is 0 Å². The van der Waals surface area contributed by atoms with Crippen LogP contribution in [0.15, 0.2) is 114 Å². The predicted molar refractivity (Wildman–Crippen MR) is 185 cm³/mol. The van der Waals surface area contributed by atoms with E-state index < -0.39 is 28.5 Å². The lowest BCUT2D eigenvalue weighted by Gasteiger charge is -2.34. The second kappa shape index (κ2) is 15.9. The van der Waals surface area contributed by atoms with E-state index in [4.69, 9.17) is 11.6 Å². The summed E-state index contributed by atoms with van der Waals surface area (Å²) < 4.78 is 29.4. The minimum absolute atomic E-state index is 0.00937. The number of amides is 2. The average Bonchev–Trinajstić information content (AvgIpc) is 3.06. The van der Waals surface area contributed by atoms with Gasteiger partial charge in [-0.1, -0.05) is 111 Å². The Morgan fingerprint density at radius 3 is 1.98 bits per heavy atom. The van der Waals surface area contributed by atoms with Crippen LogP contribution in [0.3, 0.4) is 0 Å². The summed E-state index contributed by atoms with van der Waals surface area (Å²) in [5.74, 6) is -0.617. The first kappa shape index (κ1) is 34.7. The number of halogens is 1. The number of rotatable bonds is 14. The Hall–Kier alpha value is -4.14.